The number of nitrogens with one attached hydrogen (secondary N) is 1. The average molecular weight is 336 g/mol. The molecule has 2 rings (SSSR count). The van der Waals surface area contributed by atoms with Crippen molar-refractivity contribution in [3.05, 3.63) is 46.1 Å². The average Bonchev–Trinajstić information content (AvgIpc) is 2.41. The van der Waals surface area contributed by atoms with Crippen molar-refractivity contribution in [2.45, 2.75) is 13.3 Å². The molecular weight excluding hydrogens is 318 g/mol. The molecule has 1 aromatic carbocycles. The zero-order valence-corrected chi connectivity index (χ0v) is 13.2. The van der Waals surface area contributed by atoms with Crippen molar-refractivity contribution in [3.63, 3.8) is 0 Å². The molecule has 0 saturated carbocycles. The Morgan fingerprint density at radius 1 is 1.35 bits per heavy atom. The number of pyridine rings is 1. The normalized spacial score (nSPS) is 10.3. The van der Waals surface area contributed by atoms with E-state index in [1.165, 1.54) is 0 Å². The van der Waals surface area contributed by atoms with Crippen LogP contribution in [0.5, 0.6) is 5.75 Å². The Morgan fingerprint density at radius 2 is 2.15 bits per heavy atom. The summed E-state index contributed by atoms with van der Waals surface area (Å²) < 4.78 is 6.41. The van der Waals surface area contributed by atoms with Gasteiger partial charge in [-0.2, -0.15) is 0 Å². The summed E-state index contributed by atoms with van der Waals surface area (Å²) in [5, 5.41) is 3.32. The van der Waals surface area contributed by atoms with E-state index in [-0.39, 0.29) is 0 Å². The molecule has 0 spiro atoms. The first kappa shape index (κ1) is 14.7. The molecule has 0 atom stereocenters. The molecule has 106 valence electrons. The standard InChI is InChI=1S/C15H18BrN3O/c1-10-7-13(17)9-19-15(10)18-6-5-11-8-12(16)3-4-14(11)20-2/h3-4,7-9H,5-6,17H2,1-2H3,(H,18,19). The molecule has 2 aromatic rings. The third kappa shape index (κ3) is 3.63. The van der Waals surface area contributed by atoms with Gasteiger partial charge in [0, 0.05) is 11.0 Å². The largest absolute Gasteiger partial charge is 0.496 e. The minimum absolute atomic E-state index is 0.682. The van der Waals surface area contributed by atoms with Gasteiger partial charge in [-0.1, -0.05) is 15.9 Å². The van der Waals surface area contributed by atoms with E-state index in [0.29, 0.717) is 5.69 Å². The third-order valence-electron chi connectivity index (χ3n) is 3.03. The van der Waals surface area contributed by atoms with Crippen LogP contribution in [0.3, 0.4) is 0 Å². The molecular formula is C15H18BrN3O. The fourth-order valence-corrected chi connectivity index (χ4v) is 2.45. The van der Waals surface area contributed by atoms with Crippen molar-refractivity contribution >= 4 is 27.4 Å². The predicted molar refractivity (Wildman–Crippen MR) is 86.3 cm³/mol. The first-order chi connectivity index (χ1) is 9.60. The summed E-state index contributed by atoms with van der Waals surface area (Å²) in [7, 11) is 1.69. The molecule has 0 amide bonds. The number of anilines is 2. The predicted octanol–water partition coefficient (Wildman–Crippen LogP) is 3.40. The van der Waals surface area contributed by atoms with Crippen molar-refractivity contribution in [1.29, 1.82) is 0 Å². The number of benzene rings is 1. The first-order valence-corrected chi connectivity index (χ1v) is 7.18. The van der Waals surface area contributed by atoms with Gasteiger partial charge in [0.1, 0.15) is 11.6 Å². The van der Waals surface area contributed by atoms with Crippen LogP contribution in [0.15, 0.2) is 34.9 Å². The van der Waals surface area contributed by atoms with Crippen LogP contribution in [0, 0.1) is 6.92 Å². The summed E-state index contributed by atoms with van der Waals surface area (Å²) in [6, 6.07) is 7.92. The Hall–Kier alpha value is -1.75. The molecule has 0 aliphatic carbocycles. The summed E-state index contributed by atoms with van der Waals surface area (Å²) in [6.45, 7) is 2.77. The summed E-state index contributed by atoms with van der Waals surface area (Å²) >= 11 is 3.48. The fourth-order valence-electron chi connectivity index (χ4n) is 2.04. The van der Waals surface area contributed by atoms with Crippen LogP contribution < -0.4 is 15.8 Å². The smallest absolute Gasteiger partial charge is 0.129 e. The number of nitrogens with two attached hydrogens (primary N) is 1. The van der Waals surface area contributed by atoms with Gasteiger partial charge < -0.3 is 15.8 Å². The molecule has 0 unspecified atom stereocenters. The third-order valence-corrected chi connectivity index (χ3v) is 3.52. The number of methoxy groups -OCH3 is 1. The van der Waals surface area contributed by atoms with Gasteiger partial charge in [0.2, 0.25) is 0 Å². The van der Waals surface area contributed by atoms with Crippen LogP contribution in [-0.4, -0.2) is 18.6 Å². The Morgan fingerprint density at radius 3 is 2.85 bits per heavy atom. The molecule has 0 aliphatic heterocycles. The van der Waals surface area contributed by atoms with Crippen LogP contribution in [0.4, 0.5) is 11.5 Å². The van der Waals surface area contributed by atoms with Crippen molar-refractivity contribution in [1.82, 2.24) is 4.98 Å². The maximum atomic E-state index is 5.69. The number of halogens is 1. The van der Waals surface area contributed by atoms with Gasteiger partial charge in [0.15, 0.2) is 0 Å². The van der Waals surface area contributed by atoms with Crippen LogP contribution in [0.2, 0.25) is 0 Å². The van der Waals surface area contributed by atoms with E-state index in [0.717, 1.165) is 40.1 Å². The highest BCUT2D eigenvalue weighted by Gasteiger charge is 2.05. The topological polar surface area (TPSA) is 60.2 Å². The van der Waals surface area contributed by atoms with Crippen LogP contribution >= 0.6 is 15.9 Å². The lowest BCUT2D eigenvalue weighted by Crippen LogP contribution is -2.08. The van der Waals surface area contributed by atoms with Crippen molar-refractivity contribution in [2.75, 3.05) is 24.7 Å². The molecule has 0 fully saturated rings. The van der Waals surface area contributed by atoms with Crippen LogP contribution in [-0.2, 0) is 6.42 Å². The van der Waals surface area contributed by atoms with E-state index in [2.05, 4.69) is 32.3 Å². The molecule has 3 N–H and O–H groups in total. The second-order valence-electron chi connectivity index (χ2n) is 4.57. The molecule has 5 heteroatoms. The molecule has 4 nitrogen and oxygen atoms in total. The van der Waals surface area contributed by atoms with E-state index in [9.17, 15) is 0 Å². The van der Waals surface area contributed by atoms with E-state index in [1.54, 1.807) is 13.3 Å². The fraction of sp³-hybridized carbons (Fsp3) is 0.267. The van der Waals surface area contributed by atoms with Gasteiger partial charge in [-0.05, 0) is 48.7 Å². The molecule has 20 heavy (non-hydrogen) atoms. The minimum atomic E-state index is 0.682. The second kappa shape index (κ2) is 6.61. The lowest BCUT2D eigenvalue weighted by atomic mass is 10.1. The lowest BCUT2D eigenvalue weighted by molar-refractivity contribution is 0.410. The molecule has 0 saturated heterocycles. The van der Waals surface area contributed by atoms with E-state index < -0.39 is 0 Å². The molecule has 1 aromatic heterocycles. The summed E-state index contributed by atoms with van der Waals surface area (Å²) in [4.78, 5) is 4.29. The number of aromatic nitrogens is 1. The van der Waals surface area contributed by atoms with E-state index >= 15 is 0 Å². The van der Waals surface area contributed by atoms with Gasteiger partial charge in [0.25, 0.3) is 0 Å². The number of nitrogens with zero attached hydrogens (tertiary/aromatic N) is 1. The van der Waals surface area contributed by atoms with Gasteiger partial charge in [-0.3, -0.25) is 0 Å². The number of aryl methyl sites for hydroxylation is 1. The Balaban J connectivity index is 2.01. The highest BCUT2D eigenvalue weighted by Crippen LogP contribution is 2.23. The second-order valence-corrected chi connectivity index (χ2v) is 5.48. The highest BCUT2D eigenvalue weighted by atomic mass is 79.9. The quantitative estimate of drug-likeness (QED) is 0.879. The summed E-state index contributed by atoms with van der Waals surface area (Å²) in [6.07, 6.45) is 2.52. The number of nitrogen functional groups attached to an aromatic ring is 1. The lowest BCUT2D eigenvalue weighted by Gasteiger charge is -2.11. The van der Waals surface area contributed by atoms with Crippen LogP contribution in [0.1, 0.15) is 11.1 Å². The summed E-state index contributed by atoms with van der Waals surface area (Å²) in [5.41, 5.74) is 8.57. The SMILES string of the molecule is COc1ccc(Br)cc1CCNc1ncc(N)cc1C. The first-order valence-electron chi connectivity index (χ1n) is 6.38. The maximum Gasteiger partial charge on any atom is 0.129 e. The molecule has 1 heterocycles. The highest BCUT2D eigenvalue weighted by molar-refractivity contribution is 9.10. The monoisotopic (exact) mass is 335 g/mol. The van der Waals surface area contributed by atoms with Gasteiger partial charge in [0.05, 0.1) is 19.0 Å². The number of ether oxygens (including phenoxy) is 1. The minimum Gasteiger partial charge on any atom is -0.496 e. The van der Waals surface area contributed by atoms with Crippen LogP contribution in [0.25, 0.3) is 0 Å². The Labute approximate surface area is 127 Å². The van der Waals surface area contributed by atoms with Crippen molar-refractivity contribution in [3.8, 4) is 5.75 Å². The van der Waals surface area contributed by atoms with Gasteiger partial charge in [-0.25, -0.2) is 4.98 Å². The van der Waals surface area contributed by atoms with Crippen molar-refractivity contribution < 1.29 is 4.74 Å². The van der Waals surface area contributed by atoms with Crippen molar-refractivity contribution in [2.24, 2.45) is 0 Å². The maximum absolute atomic E-state index is 5.69. The van der Waals surface area contributed by atoms with Gasteiger partial charge >= 0.3 is 0 Å². The van der Waals surface area contributed by atoms with E-state index in [1.807, 2.05) is 25.1 Å². The number of hydrogen-bond acceptors (Lipinski definition) is 4. The Bertz CT molecular complexity index is 602. The van der Waals surface area contributed by atoms with E-state index in [4.69, 9.17) is 10.5 Å². The molecule has 0 bridgehead atoms. The molecule has 0 radical (unpaired) electrons. The zero-order chi connectivity index (χ0) is 14.5. The summed E-state index contributed by atoms with van der Waals surface area (Å²) in [5.74, 6) is 1.77. The molecule has 0 aliphatic rings. The van der Waals surface area contributed by atoms with Gasteiger partial charge in [-0.15, -0.1) is 0 Å². The number of hydrogen-bond donors (Lipinski definition) is 2. The Kier molecular flexibility index (Phi) is 4.84. The number of rotatable bonds is 5. The zero-order valence-electron chi connectivity index (χ0n) is 11.6.